The molecular weight excluding hydrogens is 330 g/mol. The molecule has 2 aromatic rings. The zero-order valence-electron chi connectivity index (χ0n) is 15.6. The molecule has 0 aromatic heterocycles. The van der Waals surface area contributed by atoms with Gasteiger partial charge in [0.2, 0.25) is 0 Å². The van der Waals surface area contributed by atoms with Crippen LogP contribution in [0.1, 0.15) is 31.9 Å². The van der Waals surface area contributed by atoms with E-state index in [0.29, 0.717) is 18.1 Å². The highest BCUT2D eigenvalue weighted by Gasteiger charge is 2.08. The Hall–Kier alpha value is -3.02. The Morgan fingerprint density at radius 2 is 1.96 bits per heavy atom. The molecule has 0 saturated heterocycles. The number of urea groups is 1. The van der Waals surface area contributed by atoms with Gasteiger partial charge in [-0.15, -0.1) is 0 Å². The summed E-state index contributed by atoms with van der Waals surface area (Å²) in [6.07, 6.45) is 1.61. The van der Waals surface area contributed by atoms with Crippen LogP contribution < -0.4 is 20.2 Å². The molecule has 2 rings (SSSR count). The molecule has 0 spiro atoms. The molecule has 6 heteroatoms. The first-order valence-corrected chi connectivity index (χ1v) is 8.58. The van der Waals surface area contributed by atoms with E-state index in [-0.39, 0.29) is 6.10 Å². The molecule has 6 nitrogen and oxygen atoms in total. The molecule has 2 amide bonds. The third-order valence-corrected chi connectivity index (χ3v) is 3.40. The lowest BCUT2D eigenvalue weighted by Gasteiger charge is -2.14. The van der Waals surface area contributed by atoms with Gasteiger partial charge >= 0.3 is 6.03 Å². The predicted octanol–water partition coefficient (Wildman–Crippen LogP) is 4.34. The normalized spacial score (nSPS) is 10.8. The maximum absolute atomic E-state index is 11.9. The van der Waals surface area contributed by atoms with Crippen molar-refractivity contribution in [3.63, 3.8) is 0 Å². The third kappa shape index (κ3) is 5.81. The fraction of sp³-hybridized carbons (Fsp3) is 0.300. The van der Waals surface area contributed by atoms with Gasteiger partial charge in [-0.2, -0.15) is 5.10 Å². The van der Waals surface area contributed by atoms with Crippen LogP contribution in [0.5, 0.6) is 11.5 Å². The van der Waals surface area contributed by atoms with Gasteiger partial charge in [-0.05, 0) is 63.1 Å². The number of carbonyl (C=O) groups excluding carboxylic acids is 1. The van der Waals surface area contributed by atoms with Crippen LogP contribution in [0.3, 0.4) is 0 Å². The van der Waals surface area contributed by atoms with Crippen molar-refractivity contribution in [2.45, 2.75) is 33.8 Å². The van der Waals surface area contributed by atoms with Crippen molar-refractivity contribution >= 4 is 17.9 Å². The first-order valence-electron chi connectivity index (χ1n) is 8.58. The fourth-order valence-electron chi connectivity index (χ4n) is 2.25. The van der Waals surface area contributed by atoms with Crippen LogP contribution in [0.25, 0.3) is 0 Å². The monoisotopic (exact) mass is 355 g/mol. The second-order valence-electron chi connectivity index (χ2n) is 5.94. The number of rotatable bonds is 7. The van der Waals surface area contributed by atoms with Crippen molar-refractivity contribution in [3.05, 3.63) is 53.6 Å². The average molecular weight is 355 g/mol. The quantitative estimate of drug-likeness (QED) is 0.573. The Morgan fingerprint density at radius 3 is 2.65 bits per heavy atom. The highest BCUT2D eigenvalue weighted by Crippen LogP contribution is 2.28. The summed E-state index contributed by atoms with van der Waals surface area (Å²) in [5, 5.41) is 6.73. The molecule has 0 bridgehead atoms. The number of amides is 2. The minimum Gasteiger partial charge on any atom is -0.490 e. The van der Waals surface area contributed by atoms with E-state index in [1.54, 1.807) is 6.21 Å². The lowest BCUT2D eigenvalue weighted by Crippen LogP contribution is -2.24. The van der Waals surface area contributed by atoms with E-state index in [0.717, 1.165) is 16.8 Å². The summed E-state index contributed by atoms with van der Waals surface area (Å²) in [4.78, 5) is 11.9. The van der Waals surface area contributed by atoms with E-state index in [4.69, 9.17) is 9.47 Å². The molecule has 0 aliphatic rings. The van der Waals surface area contributed by atoms with Crippen LogP contribution in [-0.2, 0) is 0 Å². The van der Waals surface area contributed by atoms with Gasteiger partial charge < -0.3 is 14.8 Å². The summed E-state index contributed by atoms with van der Waals surface area (Å²) in [5.74, 6) is 1.33. The van der Waals surface area contributed by atoms with Gasteiger partial charge in [0.25, 0.3) is 0 Å². The fourth-order valence-corrected chi connectivity index (χ4v) is 2.25. The van der Waals surface area contributed by atoms with Gasteiger partial charge in [-0.3, -0.25) is 0 Å². The average Bonchev–Trinajstić information content (AvgIpc) is 2.59. The molecule has 2 N–H and O–H groups in total. The second-order valence-corrected chi connectivity index (χ2v) is 5.94. The van der Waals surface area contributed by atoms with Crippen LogP contribution in [-0.4, -0.2) is 25.0 Å². The number of hydrogen-bond donors (Lipinski definition) is 2. The van der Waals surface area contributed by atoms with Crippen molar-refractivity contribution in [1.82, 2.24) is 5.43 Å². The van der Waals surface area contributed by atoms with E-state index in [1.165, 1.54) is 0 Å². The van der Waals surface area contributed by atoms with Crippen LogP contribution in [0.15, 0.2) is 47.6 Å². The standard InChI is InChI=1S/C20H25N3O3/c1-5-25-19-12-16(10-11-18(19)26-14(2)3)13-21-23-20(24)22-17-9-7-6-8-15(17)4/h6-14H,5H2,1-4H3,(H2,22,23,24)/b21-13-. The van der Waals surface area contributed by atoms with Crippen LogP contribution >= 0.6 is 0 Å². The third-order valence-electron chi connectivity index (χ3n) is 3.40. The smallest absolute Gasteiger partial charge is 0.339 e. The van der Waals surface area contributed by atoms with Crippen molar-refractivity contribution in [3.8, 4) is 11.5 Å². The number of carbonyl (C=O) groups is 1. The van der Waals surface area contributed by atoms with Crippen molar-refractivity contribution in [2.75, 3.05) is 11.9 Å². The number of hydrazone groups is 1. The summed E-state index contributed by atoms with van der Waals surface area (Å²) in [6, 6.07) is 12.6. The molecule has 2 aromatic carbocycles. The van der Waals surface area contributed by atoms with Crippen LogP contribution in [0.4, 0.5) is 10.5 Å². The summed E-state index contributed by atoms with van der Waals surface area (Å²) in [5.41, 5.74) is 4.97. The number of hydrogen-bond acceptors (Lipinski definition) is 4. The molecule has 0 atom stereocenters. The van der Waals surface area contributed by atoms with E-state index in [9.17, 15) is 4.79 Å². The maximum Gasteiger partial charge on any atom is 0.339 e. The Morgan fingerprint density at radius 1 is 1.19 bits per heavy atom. The largest absolute Gasteiger partial charge is 0.490 e. The summed E-state index contributed by atoms with van der Waals surface area (Å²) in [6.45, 7) is 8.29. The highest BCUT2D eigenvalue weighted by molar-refractivity contribution is 5.91. The molecule has 26 heavy (non-hydrogen) atoms. The van der Waals surface area contributed by atoms with E-state index in [1.807, 2.05) is 70.2 Å². The van der Waals surface area contributed by atoms with Crippen molar-refractivity contribution < 1.29 is 14.3 Å². The number of benzene rings is 2. The Bertz CT molecular complexity index is 773. The molecule has 0 heterocycles. The minimum absolute atomic E-state index is 0.0560. The lowest BCUT2D eigenvalue weighted by atomic mass is 10.2. The van der Waals surface area contributed by atoms with Gasteiger partial charge in [0, 0.05) is 5.69 Å². The molecule has 0 unspecified atom stereocenters. The maximum atomic E-state index is 11.9. The molecule has 0 aliphatic carbocycles. The molecule has 0 fully saturated rings. The number of para-hydroxylation sites is 1. The van der Waals surface area contributed by atoms with Crippen LogP contribution in [0, 0.1) is 6.92 Å². The Labute approximate surface area is 154 Å². The first-order chi connectivity index (χ1) is 12.5. The molecule has 138 valence electrons. The van der Waals surface area contributed by atoms with Crippen LogP contribution in [0.2, 0.25) is 0 Å². The summed E-state index contributed by atoms with van der Waals surface area (Å²) < 4.78 is 11.3. The zero-order valence-corrected chi connectivity index (χ0v) is 15.6. The molecule has 0 aliphatic heterocycles. The van der Waals surface area contributed by atoms with Gasteiger partial charge in [-0.1, -0.05) is 18.2 Å². The topological polar surface area (TPSA) is 72.0 Å². The minimum atomic E-state index is -0.402. The van der Waals surface area contributed by atoms with Gasteiger partial charge in [0.15, 0.2) is 11.5 Å². The lowest BCUT2D eigenvalue weighted by molar-refractivity contribution is 0.224. The van der Waals surface area contributed by atoms with Gasteiger partial charge in [0.05, 0.1) is 18.9 Å². The van der Waals surface area contributed by atoms with E-state index >= 15 is 0 Å². The predicted molar refractivity (Wildman–Crippen MR) is 104 cm³/mol. The number of ether oxygens (including phenoxy) is 2. The second kappa shape index (κ2) is 9.46. The Kier molecular flexibility index (Phi) is 7.02. The van der Waals surface area contributed by atoms with E-state index < -0.39 is 6.03 Å². The SMILES string of the molecule is CCOc1cc(/C=N\NC(=O)Nc2ccccc2C)ccc1OC(C)C. The zero-order chi connectivity index (χ0) is 18.9. The number of anilines is 1. The molecule has 0 saturated carbocycles. The van der Waals surface area contributed by atoms with Gasteiger partial charge in [-0.25, -0.2) is 10.2 Å². The van der Waals surface area contributed by atoms with E-state index in [2.05, 4.69) is 15.8 Å². The number of aryl methyl sites for hydroxylation is 1. The molecule has 0 radical (unpaired) electrons. The summed E-state index contributed by atoms with van der Waals surface area (Å²) in [7, 11) is 0. The van der Waals surface area contributed by atoms with Crippen molar-refractivity contribution in [2.24, 2.45) is 5.10 Å². The first kappa shape index (κ1) is 19.3. The number of nitrogens with zero attached hydrogens (tertiary/aromatic N) is 1. The van der Waals surface area contributed by atoms with Crippen molar-refractivity contribution in [1.29, 1.82) is 0 Å². The summed E-state index contributed by atoms with van der Waals surface area (Å²) >= 11 is 0. The number of nitrogens with one attached hydrogen (secondary N) is 2. The Balaban J connectivity index is 1.99. The van der Waals surface area contributed by atoms with Gasteiger partial charge in [0.1, 0.15) is 0 Å². The highest BCUT2D eigenvalue weighted by atomic mass is 16.5. The molecular formula is C20H25N3O3.